The molecule has 0 bridgehead atoms. The van der Waals surface area contributed by atoms with E-state index in [4.69, 9.17) is 17.3 Å². The first-order valence-corrected chi connectivity index (χ1v) is 10.1. The SMILES string of the molecule is Nc1c(NNC(=O)c2ccc(Cl)cc2)ncnc1NN(c1ccccc1)c1ccccc1. The number of hydrogen-bond acceptors (Lipinski definition) is 7. The van der Waals surface area contributed by atoms with Gasteiger partial charge in [-0.3, -0.25) is 26.1 Å². The number of halogens is 1. The van der Waals surface area contributed by atoms with Crippen LogP contribution in [0.4, 0.5) is 28.7 Å². The van der Waals surface area contributed by atoms with Crippen LogP contribution in [-0.2, 0) is 0 Å². The Bertz CT molecular complexity index is 1150. The van der Waals surface area contributed by atoms with Gasteiger partial charge in [-0.05, 0) is 48.5 Å². The summed E-state index contributed by atoms with van der Waals surface area (Å²) >= 11 is 5.87. The van der Waals surface area contributed by atoms with Gasteiger partial charge in [-0.15, -0.1) is 0 Å². The maximum Gasteiger partial charge on any atom is 0.269 e. The molecule has 3 aromatic carbocycles. The summed E-state index contributed by atoms with van der Waals surface area (Å²) in [5.74, 6) is 0.270. The summed E-state index contributed by atoms with van der Waals surface area (Å²) in [6, 6.07) is 26.0. The Morgan fingerprint density at radius 1 is 0.812 bits per heavy atom. The number of aromatic nitrogens is 2. The summed E-state index contributed by atoms with van der Waals surface area (Å²) in [4.78, 5) is 20.7. The van der Waals surface area contributed by atoms with E-state index < -0.39 is 0 Å². The van der Waals surface area contributed by atoms with E-state index in [1.807, 2.05) is 65.7 Å². The average molecular weight is 446 g/mol. The van der Waals surface area contributed by atoms with Crippen LogP contribution in [0.5, 0.6) is 0 Å². The zero-order valence-electron chi connectivity index (χ0n) is 16.9. The number of carbonyl (C=O) groups is 1. The van der Waals surface area contributed by atoms with Crippen LogP contribution in [0.2, 0.25) is 5.02 Å². The van der Waals surface area contributed by atoms with E-state index in [0.29, 0.717) is 16.4 Å². The van der Waals surface area contributed by atoms with E-state index in [1.165, 1.54) is 6.33 Å². The Balaban J connectivity index is 1.54. The lowest BCUT2D eigenvalue weighted by Crippen LogP contribution is -2.31. The Hall–Kier alpha value is -4.30. The predicted octanol–water partition coefficient (Wildman–Crippen LogP) is 4.63. The van der Waals surface area contributed by atoms with Gasteiger partial charge in [0, 0.05) is 10.6 Å². The largest absolute Gasteiger partial charge is 0.393 e. The van der Waals surface area contributed by atoms with E-state index in [9.17, 15) is 4.79 Å². The minimum Gasteiger partial charge on any atom is -0.393 e. The van der Waals surface area contributed by atoms with Crippen molar-refractivity contribution in [1.29, 1.82) is 0 Å². The van der Waals surface area contributed by atoms with Gasteiger partial charge in [0.15, 0.2) is 11.6 Å². The molecule has 0 atom stereocenters. The van der Waals surface area contributed by atoms with E-state index in [2.05, 4.69) is 26.2 Å². The van der Waals surface area contributed by atoms with Crippen molar-refractivity contribution in [1.82, 2.24) is 15.4 Å². The van der Waals surface area contributed by atoms with Crippen molar-refractivity contribution in [3.05, 3.63) is 102 Å². The number of anilines is 5. The normalized spacial score (nSPS) is 10.3. The molecule has 0 aliphatic carbocycles. The Morgan fingerprint density at radius 3 is 1.97 bits per heavy atom. The topological polar surface area (TPSA) is 108 Å². The van der Waals surface area contributed by atoms with Crippen molar-refractivity contribution in [2.75, 3.05) is 21.6 Å². The van der Waals surface area contributed by atoms with Gasteiger partial charge in [-0.1, -0.05) is 48.0 Å². The van der Waals surface area contributed by atoms with Gasteiger partial charge in [-0.2, -0.15) is 0 Å². The first kappa shape index (κ1) is 21.0. The van der Waals surface area contributed by atoms with Crippen molar-refractivity contribution in [2.45, 2.75) is 0 Å². The van der Waals surface area contributed by atoms with Crippen LogP contribution < -0.4 is 27.0 Å². The molecule has 32 heavy (non-hydrogen) atoms. The molecule has 1 amide bonds. The Labute approximate surface area is 190 Å². The highest BCUT2D eigenvalue weighted by atomic mass is 35.5. The first-order valence-electron chi connectivity index (χ1n) is 9.71. The van der Waals surface area contributed by atoms with Crippen molar-refractivity contribution >= 4 is 46.2 Å². The molecule has 0 aliphatic heterocycles. The number of rotatable bonds is 7. The molecule has 0 saturated heterocycles. The predicted molar refractivity (Wildman–Crippen MR) is 128 cm³/mol. The number of para-hydroxylation sites is 2. The van der Waals surface area contributed by atoms with Crippen molar-refractivity contribution in [3.8, 4) is 0 Å². The highest BCUT2D eigenvalue weighted by molar-refractivity contribution is 6.30. The second-order valence-corrected chi connectivity index (χ2v) is 7.13. The third kappa shape index (κ3) is 4.88. The molecule has 9 heteroatoms. The second-order valence-electron chi connectivity index (χ2n) is 6.69. The monoisotopic (exact) mass is 445 g/mol. The molecule has 5 N–H and O–H groups in total. The second kappa shape index (κ2) is 9.67. The van der Waals surface area contributed by atoms with Gasteiger partial charge in [-0.25, -0.2) is 9.97 Å². The maximum atomic E-state index is 12.3. The molecule has 4 aromatic rings. The van der Waals surface area contributed by atoms with Crippen LogP contribution in [0.25, 0.3) is 0 Å². The number of nitrogens with two attached hydrogens (primary N) is 1. The lowest BCUT2D eigenvalue weighted by atomic mass is 10.2. The minimum atomic E-state index is -0.357. The third-order valence-corrected chi connectivity index (χ3v) is 4.78. The van der Waals surface area contributed by atoms with Crippen LogP contribution in [0.1, 0.15) is 10.4 Å². The Morgan fingerprint density at radius 2 is 1.38 bits per heavy atom. The number of benzene rings is 3. The third-order valence-electron chi connectivity index (χ3n) is 4.53. The minimum absolute atomic E-state index is 0.237. The van der Waals surface area contributed by atoms with E-state index in [0.717, 1.165) is 11.4 Å². The molecule has 0 aliphatic rings. The quantitative estimate of drug-likeness (QED) is 0.307. The standard InChI is InChI=1S/C23H20ClN7O/c24-17-13-11-16(12-14-17)23(32)29-28-21-20(25)22(27-15-26-21)30-31(18-7-3-1-4-8-18)19-9-5-2-6-10-19/h1-15H,25H2,(H,29,32)(H2,26,27,28,30). The number of carbonyl (C=O) groups excluding carboxylic acids is 1. The fraction of sp³-hybridized carbons (Fsp3) is 0. The molecular formula is C23H20ClN7O. The lowest BCUT2D eigenvalue weighted by Gasteiger charge is -2.26. The molecule has 0 fully saturated rings. The molecular weight excluding hydrogens is 426 g/mol. The zero-order valence-corrected chi connectivity index (χ0v) is 17.6. The van der Waals surface area contributed by atoms with Crippen LogP contribution >= 0.6 is 11.6 Å². The van der Waals surface area contributed by atoms with Crippen LogP contribution in [0, 0.1) is 0 Å². The van der Waals surface area contributed by atoms with Gasteiger partial charge in [0.2, 0.25) is 0 Å². The van der Waals surface area contributed by atoms with E-state index in [-0.39, 0.29) is 17.4 Å². The molecule has 1 aromatic heterocycles. The fourth-order valence-electron chi connectivity index (χ4n) is 2.91. The van der Waals surface area contributed by atoms with Gasteiger partial charge in [0.25, 0.3) is 5.91 Å². The lowest BCUT2D eigenvalue weighted by molar-refractivity contribution is 0.0962. The average Bonchev–Trinajstić information content (AvgIpc) is 2.84. The van der Waals surface area contributed by atoms with E-state index >= 15 is 0 Å². The van der Waals surface area contributed by atoms with Crippen LogP contribution in [0.3, 0.4) is 0 Å². The maximum absolute atomic E-state index is 12.3. The number of nitrogens with one attached hydrogen (secondary N) is 3. The summed E-state index contributed by atoms with van der Waals surface area (Å²) in [6.45, 7) is 0. The number of nitrogen functional groups attached to an aromatic ring is 1. The number of hydrazine groups is 2. The highest BCUT2D eigenvalue weighted by Gasteiger charge is 2.15. The van der Waals surface area contributed by atoms with E-state index in [1.54, 1.807) is 24.3 Å². The molecule has 0 saturated carbocycles. The molecule has 0 radical (unpaired) electrons. The fourth-order valence-corrected chi connectivity index (χ4v) is 3.04. The Kier molecular flexibility index (Phi) is 6.33. The van der Waals surface area contributed by atoms with Crippen molar-refractivity contribution in [2.24, 2.45) is 0 Å². The summed E-state index contributed by atoms with van der Waals surface area (Å²) in [7, 11) is 0. The van der Waals surface area contributed by atoms with Crippen LogP contribution in [0.15, 0.2) is 91.3 Å². The van der Waals surface area contributed by atoms with Crippen LogP contribution in [-0.4, -0.2) is 15.9 Å². The number of nitrogens with zero attached hydrogens (tertiary/aromatic N) is 3. The van der Waals surface area contributed by atoms with Crippen molar-refractivity contribution < 1.29 is 4.79 Å². The summed E-state index contributed by atoms with van der Waals surface area (Å²) in [6.07, 6.45) is 1.35. The van der Waals surface area contributed by atoms with Crippen molar-refractivity contribution in [3.63, 3.8) is 0 Å². The number of amides is 1. The molecule has 0 spiro atoms. The van der Waals surface area contributed by atoms with Gasteiger partial charge in [0.05, 0.1) is 11.4 Å². The van der Waals surface area contributed by atoms with Gasteiger partial charge in [0.1, 0.15) is 12.0 Å². The highest BCUT2D eigenvalue weighted by Crippen LogP contribution is 2.29. The summed E-state index contributed by atoms with van der Waals surface area (Å²) in [5.41, 5.74) is 17.3. The number of hydrogen-bond donors (Lipinski definition) is 4. The molecule has 8 nitrogen and oxygen atoms in total. The smallest absolute Gasteiger partial charge is 0.269 e. The van der Waals surface area contributed by atoms with Gasteiger partial charge >= 0.3 is 0 Å². The molecule has 0 unspecified atom stereocenters. The zero-order chi connectivity index (χ0) is 22.3. The summed E-state index contributed by atoms with van der Waals surface area (Å²) < 4.78 is 0. The molecule has 160 valence electrons. The summed E-state index contributed by atoms with van der Waals surface area (Å²) in [5, 5.41) is 2.40. The molecule has 1 heterocycles. The molecule has 4 rings (SSSR count). The van der Waals surface area contributed by atoms with Gasteiger partial charge < -0.3 is 5.73 Å². The first-order chi connectivity index (χ1) is 15.6.